The fourth-order valence-corrected chi connectivity index (χ4v) is 2.32. The smallest absolute Gasteiger partial charge is 0.149 e. The fourth-order valence-electron chi connectivity index (χ4n) is 1.73. The van der Waals surface area contributed by atoms with E-state index in [0.29, 0.717) is 6.54 Å². The number of aromatic nitrogens is 2. The summed E-state index contributed by atoms with van der Waals surface area (Å²) in [6, 6.07) is 6.37. The summed E-state index contributed by atoms with van der Waals surface area (Å²) in [5, 5.41) is 0. The second-order valence-electron chi connectivity index (χ2n) is 3.96. The zero-order valence-electron chi connectivity index (χ0n) is 10.3. The molecule has 19 heavy (non-hydrogen) atoms. The molecule has 0 aliphatic rings. The second-order valence-corrected chi connectivity index (χ2v) is 5.13. The Bertz CT molecular complexity index is 532. The zero-order chi connectivity index (χ0) is 13.7. The van der Waals surface area contributed by atoms with E-state index in [-0.39, 0.29) is 5.82 Å². The second kappa shape index (κ2) is 6.76. The first-order valence-corrected chi connectivity index (χ1v) is 6.99. The van der Waals surface area contributed by atoms with Crippen LogP contribution in [-0.2, 0) is 0 Å². The van der Waals surface area contributed by atoms with Crippen molar-refractivity contribution in [1.82, 2.24) is 9.97 Å². The van der Waals surface area contributed by atoms with Gasteiger partial charge in [-0.05, 0) is 59.8 Å². The van der Waals surface area contributed by atoms with Crippen LogP contribution in [0.5, 0.6) is 0 Å². The SMILES string of the molecule is NCCCN(c1ccc(F)cc1)c1ncncc1I. The lowest BCUT2D eigenvalue weighted by Crippen LogP contribution is -2.22. The number of hydrogen-bond donors (Lipinski definition) is 1. The summed E-state index contributed by atoms with van der Waals surface area (Å²) in [4.78, 5) is 10.3. The van der Waals surface area contributed by atoms with Gasteiger partial charge in [0, 0.05) is 18.4 Å². The van der Waals surface area contributed by atoms with Crippen molar-refractivity contribution < 1.29 is 4.39 Å². The van der Waals surface area contributed by atoms with Crippen LogP contribution in [0, 0.1) is 9.39 Å². The fraction of sp³-hybridized carbons (Fsp3) is 0.231. The Morgan fingerprint density at radius 2 is 2.00 bits per heavy atom. The molecule has 0 amide bonds. The van der Waals surface area contributed by atoms with Gasteiger partial charge in [0.25, 0.3) is 0 Å². The maximum Gasteiger partial charge on any atom is 0.149 e. The van der Waals surface area contributed by atoms with E-state index in [9.17, 15) is 4.39 Å². The Labute approximate surface area is 125 Å². The van der Waals surface area contributed by atoms with E-state index in [2.05, 4.69) is 32.6 Å². The Balaban J connectivity index is 2.35. The maximum absolute atomic E-state index is 13.0. The molecule has 100 valence electrons. The number of nitrogens with two attached hydrogens (primary N) is 1. The summed E-state index contributed by atoms with van der Waals surface area (Å²) in [7, 11) is 0. The third-order valence-electron chi connectivity index (χ3n) is 2.63. The highest BCUT2D eigenvalue weighted by Crippen LogP contribution is 2.27. The third-order valence-corrected chi connectivity index (χ3v) is 3.39. The molecule has 2 rings (SSSR count). The molecule has 6 heteroatoms. The minimum atomic E-state index is -0.250. The van der Waals surface area contributed by atoms with Gasteiger partial charge in [0.15, 0.2) is 0 Å². The van der Waals surface area contributed by atoms with Crippen molar-refractivity contribution in [2.75, 3.05) is 18.0 Å². The number of anilines is 2. The number of benzene rings is 1. The molecular weight excluding hydrogens is 358 g/mol. The predicted octanol–water partition coefficient (Wildman–Crippen LogP) is 2.71. The molecule has 0 saturated heterocycles. The molecular formula is C13H14FIN4. The van der Waals surface area contributed by atoms with Crippen LogP contribution in [0.15, 0.2) is 36.8 Å². The molecule has 0 unspecified atom stereocenters. The first-order chi connectivity index (χ1) is 9.22. The zero-order valence-corrected chi connectivity index (χ0v) is 12.4. The van der Waals surface area contributed by atoms with E-state index < -0.39 is 0 Å². The highest BCUT2D eigenvalue weighted by molar-refractivity contribution is 14.1. The Kier molecular flexibility index (Phi) is 5.03. The highest BCUT2D eigenvalue weighted by Gasteiger charge is 2.13. The number of nitrogens with zero attached hydrogens (tertiary/aromatic N) is 3. The van der Waals surface area contributed by atoms with Crippen molar-refractivity contribution >= 4 is 34.1 Å². The van der Waals surface area contributed by atoms with Gasteiger partial charge in [-0.2, -0.15) is 0 Å². The van der Waals surface area contributed by atoms with E-state index >= 15 is 0 Å². The van der Waals surface area contributed by atoms with Crippen LogP contribution >= 0.6 is 22.6 Å². The minimum Gasteiger partial charge on any atom is -0.330 e. The molecule has 0 saturated carbocycles. The quantitative estimate of drug-likeness (QED) is 0.821. The molecule has 0 spiro atoms. The van der Waals surface area contributed by atoms with Gasteiger partial charge in [0.05, 0.1) is 3.57 Å². The standard InChI is InChI=1S/C13H14FIN4/c14-10-2-4-11(5-3-10)19(7-1-6-16)13-12(15)8-17-9-18-13/h2-5,8-9H,1,6-7,16H2. The minimum absolute atomic E-state index is 0.250. The van der Waals surface area contributed by atoms with Crippen molar-refractivity contribution in [3.05, 3.63) is 46.2 Å². The van der Waals surface area contributed by atoms with Gasteiger partial charge < -0.3 is 10.6 Å². The van der Waals surface area contributed by atoms with E-state index in [1.54, 1.807) is 18.3 Å². The Hall–Kier alpha value is -1.28. The van der Waals surface area contributed by atoms with Crippen LogP contribution in [0.2, 0.25) is 0 Å². The summed E-state index contributed by atoms with van der Waals surface area (Å²) >= 11 is 2.19. The maximum atomic E-state index is 13.0. The van der Waals surface area contributed by atoms with Crippen LogP contribution in [0.25, 0.3) is 0 Å². The lowest BCUT2D eigenvalue weighted by Gasteiger charge is -2.24. The molecule has 0 aliphatic carbocycles. The van der Waals surface area contributed by atoms with Crippen LogP contribution in [0.3, 0.4) is 0 Å². The van der Waals surface area contributed by atoms with Crippen LogP contribution in [0.4, 0.5) is 15.9 Å². The topological polar surface area (TPSA) is 55.0 Å². The van der Waals surface area contributed by atoms with Crippen molar-refractivity contribution in [1.29, 1.82) is 0 Å². The van der Waals surface area contributed by atoms with E-state index in [1.165, 1.54) is 18.5 Å². The summed E-state index contributed by atoms with van der Waals surface area (Å²) in [6.07, 6.45) is 4.09. The van der Waals surface area contributed by atoms with Crippen molar-refractivity contribution in [3.63, 3.8) is 0 Å². The average molecular weight is 372 g/mol. The summed E-state index contributed by atoms with van der Waals surface area (Å²) in [5.41, 5.74) is 6.47. The Morgan fingerprint density at radius 1 is 1.26 bits per heavy atom. The molecule has 1 heterocycles. The lowest BCUT2D eigenvalue weighted by atomic mass is 10.2. The molecule has 2 N–H and O–H groups in total. The lowest BCUT2D eigenvalue weighted by molar-refractivity contribution is 0.627. The van der Waals surface area contributed by atoms with E-state index in [1.807, 2.05) is 4.90 Å². The molecule has 0 bridgehead atoms. The van der Waals surface area contributed by atoms with Crippen LogP contribution in [-0.4, -0.2) is 23.1 Å². The average Bonchev–Trinajstić information content (AvgIpc) is 2.43. The summed E-state index contributed by atoms with van der Waals surface area (Å²) in [5.74, 6) is 0.565. The molecule has 1 aromatic heterocycles. The largest absolute Gasteiger partial charge is 0.330 e. The molecule has 0 atom stereocenters. The van der Waals surface area contributed by atoms with Crippen molar-refractivity contribution in [2.24, 2.45) is 5.73 Å². The van der Waals surface area contributed by atoms with E-state index in [4.69, 9.17) is 5.73 Å². The Morgan fingerprint density at radius 3 is 2.63 bits per heavy atom. The van der Waals surface area contributed by atoms with Gasteiger partial charge in [0.1, 0.15) is 18.0 Å². The summed E-state index contributed by atoms with van der Waals surface area (Å²) < 4.78 is 14.0. The summed E-state index contributed by atoms with van der Waals surface area (Å²) in [6.45, 7) is 1.33. The first-order valence-electron chi connectivity index (χ1n) is 5.91. The van der Waals surface area contributed by atoms with Crippen molar-refractivity contribution in [2.45, 2.75) is 6.42 Å². The monoisotopic (exact) mass is 372 g/mol. The number of rotatable bonds is 5. The molecule has 4 nitrogen and oxygen atoms in total. The third kappa shape index (κ3) is 3.60. The van der Waals surface area contributed by atoms with Gasteiger partial charge in [-0.25, -0.2) is 14.4 Å². The van der Waals surface area contributed by atoms with Crippen molar-refractivity contribution in [3.8, 4) is 0 Å². The first kappa shape index (κ1) is 14.1. The van der Waals surface area contributed by atoms with Gasteiger partial charge >= 0.3 is 0 Å². The normalized spacial score (nSPS) is 10.5. The van der Waals surface area contributed by atoms with Gasteiger partial charge in [0.2, 0.25) is 0 Å². The van der Waals surface area contributed by atoms with Gasteiger partial charge in [-0.1, -0.05) is 0 Å². The molecule has 0 radical (unpaired) electrons. The van der Waals surface area contributed by atoms with Crippen LogP contribution in [0.1, 0.15) is 6.42 Å². The van der Waals surface area contributed by atoms with E-state index in [0.717, 1.165) is 28.0 Å². The van der Waals surface area contributed by atoms with Crippen LogP contribution < -0.4 is 10.6 Å². The predicted molar refractivity (Wildman–Crippen MR) is 81.8 cm³/mol. The molecule has 1 aromatic carbocycles. The van der Waals surface area contributed by atoms with Gasteiger partial charge in [-0.15, -0.1) is 0 Å². The number of halogens is 2. The number of hydrogen-bond acceptors (Lipinski definition) is 4. The molecule has 0 fully saturated rings. The highest BCUT2D eigenvalue weighted by atomic mass is 127. The molecule has 0 aliphatic heterocycles. The molecule has 2 aromatic rings. The van der Waals surface area contributed by atoms with Gasteiger partial charge in [-0.3, -0.25) is 0 Å².